The summed E-state index contributed by atoms with van der Waals surface area (Å²) >= 11 is 0. The molecule has 3 heterocycles. The van der Waals surface area contributed by atoms with Gasteiger partial charge in [-0.05, 0) is 86.6 Å². The lowest BCUT2D eigenvalue weighted by atomic mass is 9.86. The van der Waals surface area contributed by atoms with Crippen molar-refractivity contribution in [2.75, 3.05) is 24.5 Å². The summed E-state index contributed by atoms with van der Waals surface area (Å²) in [5.74, 6) is -0.128. The zero-order valence-electron chi connectivity index (χ0n) is 20.8. The zero-order valence-corrected chi connectivity index (χ0v) is 20.8. The molecule has 0 bridgehead atoms. The summed E-state index contributed by atoms with van der Waals surface area (Å²) in [5, 5.41) is 0. The summed E-state index contributed by atoms with van der Waals surface area (Å²) in [6, 6.07) is 5.28. The molecule has 1 saturated heterocycles. The highest BCUT2D eigenvalue weighted by Crippen LogP contribution is 2.51. The number of anilines is 1. The van der Waals surface area contributed by atoms with Gasteiger partial charge in [0.25, 0.3) is 0 Å². The average Bonchev–Trinajstić information content (AvgIpc) is 3.11. The lowest BCUT2D eigenvalue weighted by Crippen LogP contribution is -2.49. The van der Waals surface area contributed by atoms with Crippen molar-refractivity contribution in [2.24, 2.45) is 0 Å². The van der Waals surface area contributed by atoms with Crippen LogP contribution in [-0.2, 0) is 23.5 Å². The zero-order chi connectivity index (χ0) is 26.9. The Morgan fingerprint density at radius 3 is 2.35 bits per heavy atom. The van der Waals surface area contributed by atoms with Crippen LogP contribution in [0.2, 0.25) is 0 Å². The van der Waals surface area contributed by atoms with E-state index in [1.807, 2.05) is 0 Å². The third-order valence-electron chi connectivity index (χ3n) is 7.34. The largest absolute Gasteiger partial charge is 0.444 e. The van der Waals surface area contributed by atoms with Gasteiger partial charge in [0.1, 0.15) is 5.60 Å². The Bertz CT molecular complexity index is 1230. The van der Waals surface area contributed by atoms with Gasteiger partial charge in [-0.25, -0.2) is 4.79 Å². The summed E-state index contributed by atoms with van der Waals surface area (Å²) < 4.78 is 87.0. The molecule has 4 nitrogen and oxygen atoms in total. The number of fused-ring (bicyclic) bond motifs is 3. The predicted molar refractivity (Wildman–Crippen MR) is 127 cm³/mol. The second-order valence-electron chi connectivity index (χ2n) is 11.0. The first kappa shape index (κ1) is 25.7. The quantitative estimate of drug-likeness (QED) is 0.367. The van der Waals surface area contributed by atoms with Gasteiger partial charge in [0.05, 0.1) is 11.1 Å². The van der Waals surface area contributed by atoms with E-state index in [2.05, 4.69) is 4.90 Å². The van der Waals surface area contributed by atoms with Crippen LogP contribution in [0.15, 0.2) is 30.3 Å². The van der Waals surface area contributed by atoms with Gasteiger partial charge < -0.3 is 14.5 Å². The Hall–Kier alpha value is -2.91. The second kappa shape index (κ2) is 8.56. The number of carbonyl (C=O) groups is 1. The summed E-state index contributed by atoms with van der Waals surface area (Å²) in [7, 11) is 0. The highest BCUT2D eigenvalue weighted by Gasteiger charge is 2.46. The highest BCUT2D eigenvalue weighted by atomic mass is 19.4. The third kappa shape index (κ3) is 4.75. The first-order chi connectivity index (χ1) is 17.1. The Morgan fingerprint density at radius 2 is 1.70 bits per heavy atom. The van der Waals surface area contributed by atoms with E-state index in [0.717, 1.165) is 35.8 Å². The van der Waals surface area contributed by atoms with E-state index in [1.54, 1.807) is 37.8 Å². The molecule has 0 N–H and O–H groups in total. The molecule has 0 aliphatic carbocycles. The summed E-state index contributed by atoms with van der Waals surface area (Å²) in [4.78, 5) is 16.7. The Labute approximate surface area is 211 Å². The number of likely N-dealkylation sites (tertiary alicyclic amines) is 1. The molecular formula is C27H28F6N2O2. The van der Waals surface area contributed by atoms with Gasteiger partial charge in [-0.3, -0.25) is 0 Å². The molecule has 0 aromatic heterocycles. The van der Waals surface area contributed by atoms with Gasteiger partial charge in [-0.15, -0.1) is 0 Å². The predicted octanol–water partition coefficient (Wildman–Crippen LogP) is 7.25. The number of ether oxygens (including phenoxy) is 1. The van der Waals surface area contributed by atoms with Gasteiger partial charge in [0.15, 0.2) is 0 Å². The van der Waals surface area contributed by atoms with Crippen molar-refractivity contribution in [2.45, 2.75) is 69.9 Å². The summed E-state index contributed by atoms with van der Waals surface area (Å²) in [5.41, 5.74) is -0.604. The SMILES string of the molecule is CC(C)(C)OC(=O)N1CC[C@H]2[C@@H](C1)c1cc(-c3ccc(C(F)(F)F)cc3C(F)(F)F)cc3c1N2CCC3. The molecule has 1 amide bonds. The van der Waals surface area contributed by atoms with Crippen molar-refractivity contribution in [3.63, 3.8) is 0 Å². The van der Waals surface area contributed by atoms with Gasteiger partial charge in [-0.1, -0.05) is 6.07 Å². The van der Waals surface area contributed by atoms with Gasteiger partial charge in [-0.2, -0.15) is 26.3 Å². The fourth-order valence-corrected chi connectivity index (χ4v) is 5.90. The lowest BCUT2D eigenvalue weighted by Gasteiger charge is -2.40. The minimum absolute atomic E-state index is 0.109. The molecular weight excluding hydrogens is 498 g/mol. The van der Waals surface area contributed by atoms with E-state index in [9.17, 15) is 31.1 Å². The molecule has 2 atom stereocenters. The number of aryl methyl sites for hydroxylation is 1. The van der Waals surface area contributed by atoms with E-state index in [0.29, 0.717) is 32.0 Å². The fraction of sp³-hybridized carbons (Fsp3) is 0.519. The first-order valence-corrected chi connectivity index (χ1v) is 12.3. The van der Waals surface area contributed by atoms with E-state index < -0.39 is 35.2 Å². The van der Waals surface area contributed by atoms with Crippen molar-refractivity contribution < 1.29 is 35.9 Å². The summed E-state index contributed by atoms with van der Waals surface area (Å²) in [6.45, 7) is 7.06. The molecule has 0 saturated carbocycles. The van der Waals surface area contributed by atoms with Gasteiger partial charge >= 0.3 is 18.4 Å². The number of hydrogen-bond donors (Lipinski definition) is 0. The van der Waals surface area contributed by atoms with Crippen LogP contribution in [-0.4, -0.2) is 42.3 Å². The van der Waals surface area contributed by atoms with Crippen LogP contribution >= 0.6 is 0 Å². The number of rotatable bonds is 1. The smallest absolute Gasteiger partial charge is 0.417 e. The van der Waals surface area contributed by atoms with Crippen LogP contribution in [0.1, 0.15) is 61.8 Å². The average molecular weight is 527 g/mol. The molecule has 1 fully saturated rings. The van der Waals surface area contributed by atoms with E-state index >= 15 is 0 Å². The number of hydrogen-bond acceptors (Lipinski definition) is 3. The number of nitrogens with zero attached hydrogens (tertiary/aromatic N) is 2. The first-order valence-electron chi connectivity index (χ1n) is 12.3. The number of benzene rings is 2. The number of piperidine rings is 1. The maximum atomic E-state index is 13.9. The van der Waals surface area contributed by atoms with Gasteiger partial charge in [0, 0.05) is 37.3 Å². The van der Waals surface area contributed by atoms with Crippen molar-refractivity contribution in [3.8, 4) is 11.1 Å². The van der Waals surface area contributed by atoms with Gasteiger partial charge in [0.2, 0.25) is 0 Å². The van der Waals surface area contributed by atoms with Crippen LogP contribution in [0, 0.1) is 0 Å². The molecule has 200 valence electrons. The molecule has 2 aromatic rings. The molecule has 2 aromatic carbocycles. The molecule has 0 radical (unpaired) electrons. The van der Waals surface area contributed by atoms with Crippen LogP contribution in [0.3, 0.4) is 0 Å². The lowest BCUT2D eigenvalue weighted by molar-refractivity contribution is -0.142. The van der Waals surface area contributed by atoms with Crippen LogP contribution in [0.5, 0.6) is 0 Å². The highest BCUT2D eigenvalue weighted by molar-refractivity contribution is 5.79. The second-order valence-corrected chi connectivity index (χ2v) is 11.0. The van der Waals surface area contributed by atoms with Crippen molar-refractivity contribution in [1.82, 2.24) is 4.90 Å². The topological polar surface area (TPSA) is 32.8 Å². The molecule has 3 aliphatic rings. The van der Waals surface area contributed by atoms with Crippen LogP contribution in [0.4, 0.5) is 36.8 Å². The van der Waals surface area contributed by atoms with Crippen LogP contribution in [0.25, 0.3) is 11.1 Å². The molecule has 3 aliphatic heterocycles. The molecule has 5 rings (SSSR count). The summed E-state index contributed by atoms with van der Waals surface area (Å²) in [6.07, 6.45) is -8.08. The Balaban J connectivity index is 1.58. The maximum Gasteiger partial charge on any atom is 0.417 e. The Kier molecular flexibility index (Phi) is 5.95. The number of amides is 1. The molecule has 0 spiro atoms. The minimum atomic E-state index is -4.96. The third-order valence-corrected chi connectivity index (χ3v) is 7.34. The van der Waals surface area contributed by atoms with Crippen molar-refractivity contribution >= 4 is 11.8 Å². The number of halogens is 6. The number of carbonyl (C=O) groups excluding carboxylic acids is 1. The molecule has 10 heteroatoms. The molecule has 0 unspecified atom stereocenters. The van der Waals surface area contributed by atoms with Crippen molar-refractivity contribution in [3.05, 3.63) is 52.6 Å². The maximum absolute atomic E-state index is 13.9. The van der Waals surface area contributed by atoms with Crippen molar-refractivity contribution in [1.29, 1.82) is 0 Å². The monoisotopic (exact) mass is 526 g/mol. The fourth-order valence-electron chi connectivity index (χ4n) is 5.90. The van der Waals surface area contributed by atoms with Crippen LogP contribution < -0.4 is 4.90 Å². The normalized spacial score (nSPS) is 21.5. The Morgan fingerprint density at radius 1 is 0.973 bits per heavy atom. The van der Waals surface area contributed by atoms with E-state index in [1.165, 1.54) is 0 Å². The van der Waals surface area contributed by atoms with E-state index in [4.69, 9.17) is 4.74 Å². The number of alkyl halides is 6. The standard InChI is InChI=1S/C27H28F6N2O2/c1-25(2,3)37-24(36)34-10-8-22-20(14-34)19-12-16(11-15-5-4-9-35(22)23(15)19)18-7-6-17(26(28,29)30)13-21(18)27(31,32)33/h6-7,11-13,20,22H,4-5,8-10,14H2,1-3H3/t20-,22-/m0/s1. The minimum Gasteiger partial charge on any atom is -0.444 e. The molecule has 37 heavy (non-hydrogen) atoms. The van der Waals surface area contributed by atoms with E-state index in [-0.39, 0.29) is 29.2 Å².